The van der Waals surface area contributed by atoms with Gasteiger partial charge in [0.25, 0.3) is 0 Å². The molecule has 0 amide bonds. The van der Waals surface area contributed by atoms with Crippen molar-refractivity contribution in [1.82, 2.24) is 24.1 Å². The second-order valence-electron chi connectivity index (χ2n) is 12.4. The molecule has 2 saturated heterocycles. The SMILES string of the molecule is C=C(/C=C\C=C/C)[C@]1(Cn2cccn2)OC[C@@H](COc2ccc(N3CCN(c4ccc(-n5cnn(C(CC)CC)c5=O)cc4)CC3)cc2)O1. The Kier molecular flexibility index (Phi) is 10.8. The molecule has 0 spiro atoms. The fourth-order valence-corrected chi connectivity index (χ4v) is 6.38. The minimum Gasteiger partial charge on any atom is -0.491 e. The van der Waals surface area contributed by atoms with Gasteiger partial charge >= 0.3 is 5.69 Å². The maximum absolute atomic E-state index is 13.0. The summed E-state index contributed by atoms with van der Waals surface area (Å²) in [5.41, 5.74) is 3.78. The number of aromatic nitrogens is 5. The lowest BCUT2D eigenvalue weighted by Crippen LogP contribution is -2.46. The summed E-state index contributed by atoms with van der Waals surface area (Å²) >= 11 is 0. The van der Waals surface area contributed by atoms with Crippen LogP contribution in [0.2, 0.25) is 0 Å². The zero-order chi connectivity index (χ0) is 34.2. The number of nitrogens with zero attached hydrogens (tertiary/aromatic N) is 7. The van der Waals surface area contributed by atoms with E-state index in [0.717, 1.165) is 61.7 Å². The molecule has 11 nitrogen and oxygen atoms in total. The Morgan fingerprint density at radius 3 is 2.24 bits per heavy atom. The molecule has 2 fully saturated rings. The van der Waals surface area contributed by atoms with Gasteiger partial charge in [-0.3, -0.25) is 4.68 Å². The molecule has 258 valence electrons. The molecular weight excluding hydrogens is 618 g/mol. The van der Waals surface area contributed by atoms with Gasteiger partial charge in [0.05, 0.1) is 24.9 Å². The minimum atomic E-state index is -1.01. The van der Waals surface area contributed by atoms with E-state index in [2.05, 4.69) is 64.7 Å². The molecule has 0 aliphatic carbocycles. The molecule has 4 aromatic rings. The average molecular weight is 666 g/mol. The fraction of sp³-hybridized carbons (Fsp3) is 0.395. The quantitative estimate of drug-likeness (QED) is 0.156. The first-order valence-electron chi connectivity index (χ1n) is 17.2. The molecule has 11 heteroatoms. The number of anilines is 2. The van der Waals surface area contributed by atoms with Gasteiger partial charge in [-0.15, -0.1) is 0 Å². The predicted molar refractivity (Wildman–Crippen MR) is 193 cm³/mol. The topological polar surface area (TPSA) is 91.8 Å². The first-order chi connectivity index (χ1) is 23.9. The Labute approximate surface area is 288 Å². The zero-order valence-electron chi connectivity index (χ0n) is 28.7. The van der Waals surface area contributed by atoms with E-state index < -0.39 is 5.79 Å². The number of allylic oxidation sites excluding steroid dienone is 3. The maximum Gasteiger partial charge on any atom is 0.350 e. The molecule has 2 aliphatic rings. The van der Waals surface area contributed by atoms with Crippen LogP contribution in [0.1, 0.15) is 39.7 Å². The van der Waals surface area contributed by atoms with E-state index in [1.807, 2.05) is 67.8 Å². The number of rotatable bonds is 14. The standard InChI is InChI=1S/C38H47N7O4/c1-5-8-9-11-30(4)38(28-43-21-10-20-39-43)48-27-36(49-38)26-47-35-18-16-33(17-19-35)42-24-22-41(23-25-42)32-12-14-34(15-13-32)44-29-40-45(37(44)46)31(6-2)7-3/h5,8-21,29,31,36H,4,6-7,22-28H2,1-3H3/b8-5-,11-9-/t36-,38-/m1/s1. The van der Waals surface area contributed by atoms with Crippen molar-refractivity contribution in [2.45, 2.75) is 58.1 Å². The lowest BCUT2D eigenvalue weighted by molar-refractivity contribution is -0.149. The highest BCUT2D eigenvalue weighted by Crippen LogP contribution is 2.33. The summed E-state index contributed by atoms with van der Waals surface area (Å²) in [6.07, 6.45) is 14.5. The molecule has 2 aromatic heterocycles. The second kappa shape index (κ2) is 15.6. The van der Waals surface area contributed by atoms with E-state index in [4.69, 9.17) is 14.2 Å². The molecule has 0 N–H and O–H groups in total. The van der Waals surface area contributed by atoms with Crippen LogP contribution in [0.5, 0.6) is 5.75 Å². The predicted octanol–water partition coefficient (Wildman–Crippen LogP) is 5.80. The third-order valence-electron chi connectivity index (χ3n) is 9.27. The van der Waals surface area contributed by atoms with Crippen LogP contribution < -0.4 is 20.2 Å². The van der Waals surface area contributed by atoms with Gasteiger partial charge in [0.1, 0.15) is 24.8 Å². The first kappa shape index (κ1) is 34.0. The van der Waals surface area contributed by atoms with Crippen molar-refractivity contribution in [3.8, 4) is 11.4 Å². The van der Waals surface area contributed by atoms with Gasteiger partial charge in [-0.1, -0.05) is 44.7 Å². The summed E-state index contributed by atoms with van der Waals surface area (Å²) in [7, 11) is 0. The third-order valence-corrected chi connectivity index (χ3v) is 9.27. The van der Waals surface area contributed by atoms with Crippen molar-refractivity contribution in [2.75, 3.05) is 49.2 Å². The highest BCUT2D eigenvalue weighted by atomic mass is 16.8. The Bertz CT molecular complexity index is 1760. The smallest absolute Gasteiger partial charge is 0.350 e. The zero-order valence-corrected chi connectivity index (χ0v) is 28.7. The van der Waals surface area contributed by atoms with Crippen LogP contribution in [-0.4, -0.2) is 75.4 Å². The van der Waals surface area contributed by atoms with Crippen molar-refractivity contribution in [1.29, 1.82) is 0 Å². The van der Waals surface area contributed by atoms with Crippen LogP contribution in [0.15, 0.2) is 115 Å². The van der Waals surface area contributed by atoms with Gasteiger partial charge in [0.15, 0.2) is 0 Å². The molecule has 2 aliphatic heterocycles. The average Bonchev–Trinajstić information content (AvgIpc) is 3.90. The highest BCUT2D eigenvalue weighted by Gasteiger charge is 2.44. The Morgan fingerprint density at radius 2 is 1.63 bits per heavy atom. The second-order valence-corrected chi connectivity index (χ2v) is 12.4. The van der Waals surface area contributed by atoms with Crippen LogP contribution in [0.3, 0.4) is 0 Å². The summed E-state index contributed by atoms with van der Waals surface area (Å²) in [5, 5.41) is 8.71. The molecule has 0 bridgehead atoms. The van der Waals surface area contributed by atoms with E-state index in [1.54, 1.807) is 26.5 Å². The van der Waals surface area contributed by atoms with E-state index in [0.29, 0.717) is 19.8 Å². The number of benzene rings is 2. The number of piperazine rings is 1. The third kappa shape index (κ3) is 7.73. The Hall–Kier alpha value is -4.87. The molecular formula is C38H47N7O4. The summed E-state index contributed by atoms with van der Waals surface area (Å²) < 4.78 is 23.8. The van der Waals surface area contributed by atoms with Crippen molar-refractivity contribution in [3.63, 3.8) is 0 Å². The monoisotopic (exact) mass is 665 g/mol. The number of ether oxygens (including phenoxy) is 3. The number of hydrogen-bond donors (Lipinski definition) is 0. The van der Waals surface area contributed by atoms with Crippen LogP contribution in [-0.2, 0) is 16.0 Å². The van der Waals surface area contributed by atoms with Crippen LogP contribution in [0, 0.1) is 0 Å². The Morgan fingerprint density at radius 1 is 0.980 bits per heavy atom. The largest absolute Gasteiger partial charge is 0.491 e. The maximum atomic E-state index is 13.0. The van der Waals surface area contributed by atoms with E-state index in [1.165, 1.54) is 5.69 Å². The normalized spacial score (nSPS) is 19.9. The van der Waals surface area contributed by atoms with Gasteiger partial charge in [-0.2, -0.15) is 10.2 Å². The Balaban J connectivity index is 0.999. The van der Waals surface area contributed by atoms with E-state index >= 15 is 0 Å². The van der Waals surface area contributed by atoms with Crippen molar-refractivity contribution >= 4 is 11.4 Å². The molecule has 0 saturated carbocycles. The van der Waals surface area contributed by atoms with E-state index in [-0.39, 0.29) is 17.8 Å². The fourth-order valence-electron chi connectivity index (χ4n) is 6.38. The summed E-state index contributed by atoms with van der Waals surface area (Å²) in [5.74, 6) is -0.227. The summed E-state index contributed by atoms with van der Waals surface area (Å²) in [6, 6.07) is 18.4. The van der Waals surface area contributed by atoms with Gasteiger partial charge in [-0.25, -0.2) is 14.0 Å². The summed E-state index contributed by atoms with van der Waals surface area (Å²) in [6.45, 7) is 15.1. The highest BCUT2D eigenvalue weighted by molar-refractivity contribution is 5.54. The van der Waals surface area contributed by atoms with Crippen molar-refractivity contribution in [3.05, 3.63) is 120 Å². The van der Waals surface area contributed by atoms with Crippen LogP contribution >= 0.6 is 0 Å². The molecule has 49 heavy (non-hydrogen) atoms. The first-order valence-corrected chi connectivity index (χ1v) is 17.2. The molecule has 0 unspecified atom stereocenters. The molecule has 0 radical (unpaired) electrons. The summed E-state index contributed by atoms with van der Waals surface area (Å²) in [4.78, 5) is 17.7. The van der Waals surface area contributed by atoms with Gasteiger partial charge in [0, 0.05) is 55.5 Å². The molecule has 4 heterocycles. The lowest BCUT2D eigenvalue weighted by Gasteiger charge is -2.37. The number of hydrogen-bond acceptors (Lipinski definition) is 8. The van der Waals surface area contributed by atoms with E-state index in [9.17, 15) is 4.79 Å². The van der Waals surface area contributed by atoms with Crippen LogP contribution in [0.4, 0.5) is 11.4 Å². The molecule has 2 aromatic carbocycles. The van der Waals surface area contributed by atoms with Crippen molar-refractivity contribution in [2.24, 2.45) is 0 Å². The van der Waals surface area contributed by atoms with Gasteiger partial charge < -0.3 is 24.0 Å². The van der Waals surface area contributed by atoms with Gasteiger partial charge in [0.2, 0.25) is 5.79 Å². The van der Waals surface area contributed by atoms with Gasteiger partial charge in [-0.05, 0) is 74.4 Å². The van der Waals surface area contributed by atoms with Crippen molar-refractivity contribution < 1.29 is 14.2 Å². The minimum absolute atomic E-state index is 0.0917. The van der Waals surface area contributed by atoms with Crippen LogP contribution in [0.25, 0.3) is 5.69 Å². The lowest BCUT2D eigenvalue weighted by atomic mass is 10.1. The molecule has 2 atom stereocenters. The molecule has 6 rings (SSSR count).